The monoisotopic (exact) mass is 407 g/mol. The van der Waals surface area contributed by atoms with Crippen LogP contribution >= 0.6 is 0 Å². The third kappa shape index (κ3) is 3.15. The molecule has 0 radical (unpaired) electrons. The number of rotatable bonds is 2. The summed E-state index contributed by atoms with van der Waals surface area (Å²) < 4.78 is 3.03. The van der Waals surface area contributed by atoms with E-state index in [4.69, 9.17) is 0 Å². The maximum absolute atomic E-state index is 12.8. The molecule has 1 atom stereocenters. The minimum Gasteiger partial charge on any atom is -0.316 e. The fourth-order valence-corrected chi connectivity index (χ4v) is 5.00. The van der Waals surface area contributed by atoms with Crippen LogP contribution < -0.4 is 16.3 Å². The average Bonchev–Trinajstić information content (AvgIpc) is 3.27. The molecule has 5 rings (SSSR count). The van der Waals surface area contributed by atoms with Gasteiger partial charge in [-0.05, 0) is 37.6 Å². The van der Waals surface area contributed by atoms with E-state index < -0.39 is 11.9 Å². The number of carbonyl (C=O) groups is 2. The van der Waals surface area contributed by atoms with Crippen molar-refractivity contribution < 1.29 is 9.59 Å². The summed E-state index contributed by atoms with van der Waals surface area (Å²) in [4.78, 5) is 38.9. The first-order valence-electron chi connectivity index (χ1n) is 10.4. The molecule has 30 heavy (non-hydrogen) atoms. The van der Waals surface area contributed by atoms with Gasteiger partial charge in [0.15, 0.2) is 0 Å². The molecule has 1 aromatic carbocycles. The minimum atomic E-state index is -0.667. The van der Waals surface area contributed by atoms with Crippen molar-refractivity contribution in [2.45, 2.75) is 25.3 Å². The normalized spacial score (nSPS) is 23.3. The second-order valence-electron chi connectivity index (χ2n) is 8.76. The van der Waals surface area contributed by atoms with Crippen LogP contribution in [0.1, 0.15) is 30.9 Å². The molecule has 0 saturated carbocycles. The van der Waals surface area contributed by atoms with Crippen molar-refractivity contribution in [3.63, 3.8) is 0 Å². The quantitative estimate of drug-likeness (QED) is 0.539. The highest BCUT2D eigenvalue weighted by molar-refractivity contribution is 6.00. The summed E-state index contributed by atoms with van der Waals surface area (Å²) in [5.74, 6) is 5.75. The molecule has 4 heterocycles. The lowest BCUT2D eigenvalue weighted by atomic mass is 9.79. The fourth-order valence-electron chi connectivity index (χ4n) is 5.00. The maximum atomic E-state index is 12.8. The Morgan fingerprint density at radius 3 is 2.77 bits per heavy atom. The van der Waals surface area contributed by atoms with E-state index >= 15 is 0 Å². The Kier molecular flexibility index (Phi) is 4.53. The number of fused-ring (bicyclic) bond motifs is 1. The van der Waals surface area contributed by atoms with Crippen LogP contribution in [-0.2, 0) is 16.6 Å². The number of likely N-dealkylation sites (tertiary alicyclic amines) is 1. The summed E-state index contributed by atoms with van der Waals surface area (Å²) in [6.45, 7) is 5.20. The highest BCUT2D eigenvalue weighted by Gasteiger charge is 2.44. The van der Waals surface area contributed by atoms with Gasteiger partial charge in [-0.1, -0.05) is 11.8 Å². The van der Waals surface area contributed by atoms with Crippen molar-refractivity contribution in [1.82, 2.24) is 24.7 Å². The van der Waals surface area contributed by atoms with E-state index in [2.05, 4.69) is 27.4 Å². The van der Waals surface area contributed by atoms with Gasteiger partial charge in [0.2, 0.25) is 11.8 Å². The van der Waals surface area contributed by atoms with Gasteiger partial charge in [0.1, 0.15) is 6.04 Å². The number of imide groups is 1. The van der Waals surface area contributed by atoms with Crippen LogP contribution in [0, 0.1) is 17.3 Å². The fraction of sp³-hybridized carbons (Fsp3) is 0.500. The van der Waals surface area contributed by atoms with Crippen molar-refractivity contribution in [3.8, 4) is 11.8 Å². The van der Waals surface area contributed by atoms with Crippen molar-refractivity contribution in [1.29, 1.82) is 0 Å². The van der Waals surface area contributed by atoms with Gasteiger partial charge >= 0.3 is 5.69 Å². The highest BCUT2D eigenvalue weighted by Crippen LogP contribution is 2.35. The van der Waals surface area contributed by atoms with Crippen molar-refractivity contribution in [2.75, 3.05) is 32.7 Å². The topological polar surface area (TPSA) is 88.4 Å². The number of hydrogen-bond acceptors (Lipinski definition) is 5. The van der Waals surface area contributed by atoms with Gasteiger partial charge in [-0.25, -0.2) is 4.79 Å². The summed E-state index contributed by atoms with van der Waals surface area (Å²) in [5, 5.41) is 5.77. The standard InChI is InChI=1S/C22H25N5O3/c1-25-18-11-15(3-2-10-26-13-22(14-26)8-9-23-12-22)4-5-16(18)27(21(25)30)17-6-7-19(28)24-20(17)29/h4-5,11,17,23H,6-10,12-14H2,1H3,(H,24,28,29). The largest absolute Gasteiger partial charge is 0.329 e. The van der Waals surface area contributed by atoms with Crippen LogP contribution in [0.25, 0.3) is 11.0 Å². The van der Waals surface area contributed by atoms with Gasteiger partial charge in [0.25, 0.3) is 0 Å². The predicted molar refractivity (Wildman–Crippen MR) is 112 cm³/mol. The first-order valence-corrected chi connectivity index (χ1v) is 10.4. The summed E-state index contributed by atoms with van der Waals surface area (Å²) in [6, 6.07) is 4.95. The lowest BCUT2D eigenvalue weighted by molar-refractivity contribution is -0.135. The van der Waals surface area contributed by atoms with E-state index in [0.717, 1.165) is 43.8 Å². The lowest BCUT2D eigenvalue weighted by Gasteiger charge is -2.47. The van der Waals surface area contributed by atoms with Gasteiger partial charge in [0, 0.05) is 44.1 Å². The second-order valence-corrected chi connectivity index (χ2v) is 8.76. The molecule has 2 amide bonds. The maximum Gasteiger partial charge on any atom is 0.329 e. The number of aryl methyl sites for hydroxylation is 1. The van der Waals surface area contributed by atoms with Gasteiger partial charge in [0.05, 0.1) is 17.6 Å². The first-order chi connectivity index (χ1) is 14.5. The smallest absolute Gasteiger partial charge is 0.316 e. The molecule has 8 nitrogen and oxygen atoms in total. The number of amides is 2. The van der Waals surface area contributed by atoms with Crippen LogP contribution in [-0.4, -0.2) is 58.6 Å². The van der Waals surface area contributed by atoms with Gasteiger partial charge < -0.3 is 5.32 Å². The number of piperidine rings is 1. The Balaban J connectivity index is 1.36. The Hall–Kier alpha value is -2.89. The van der Waals surface area contributed by atoms with E-state index in [9.17, 15) is 14.4 Å². The SMILES string of the molecule is Cn1c(=O)n(C2CCC(=O)NC2=O)c2ccc(C#CCN3CC4(CCNC4)C3)cc21. The summed E-state index contributed by atoms with van der Waals surface area (Å²) in [5.41, 5.74) is 2.46. The molecule has 3 aliphatic heterocycles. The summed E-state index contributed by atoms with van der Waals surface area (Å²) in [7, 11) is 1.69. The highest BCUT2D eigenvalue weighted by atomic mass is 16.2. The van der Waals surface area contributed by atoms with Crippen molar-refractivity contribution in [2.24, 2.45) is 12.5 Å². The van der Waals surface area contributed by atoms with E-state index in [1.54, 1.807) is 7.05 Å². The number of benzene rings is 1. The van der Waals surface area contributed by atoms with Crippen molar-refractivity contribution >= 4 is 22.8 Å². The number of nitrogens with zero attached hydrogens (tertiary/aromatic N) is 3. The van der Waals surface area contributed by atoms with Crippen LogP contribution in [0.2, 0.25) is 0 Å². The first kappa shape index (κ1) is 19.1. The molecule has 1 spiro atoms. The third-order valence-corrected chi connectivity index (χ3v) is 6.60. The number of imidazole rings is 1. The molecular weight excluding hydrogens is 382 g/mol. The lowest BCUT2D eigenvalue weighted by Crippen LogP contribution is -2.57. The number of hydrogen-bond donors (Lipinski definition) is 2. The van der Waals surface area contributed by atoms with Crippen LogP contribution in [0.5, 0.6) is 0 Å². The average molecular weight is 407 g/mol. The Morgan fingerprint density at radius 2 is 2.03 bits per heavy atom. The molecular formula is C22H25N5O3. The molecule has 0 bridgehead atoms. The molecule has 3 fully saturated rings. The molecule has 2 aromatic rings. The molecule has 8 heteroatoms. The van der Waals surface area contributed by atoms with Crippen LogP contribution in [0.15, 0.2) is 23.0 Å². The number of carbonyl (C=O) groups excluding carboxylic acids is 2. The zero-order valence-corrected chi connectivity index (χ0v) is 17.0. The molecule has 2 N–H and O–H groups in total. The Bertz CT molecular complexity index is 1150. The zero-order valence-electron chi connectivity index (χ0n) is 17.0. The summed E-state index contributed by atoms with van der Waals surface area (Å²) >= 11 is 0. The molecule has 1 aromatic heterocycles. The van der Waals surface area contributed by atoms with Crippen LogP contribution in [0.4, 0.5) is 0 Å². The van der Waals surface area contributed by atoms with Gasteiger partial charge in [-0.2, -0.15) is 0 Å². The van der Waals surface area contributed by atoms with Gasteiger partial charge in [-0.3, -0.25) is 28.9 Å². The number of nitrogens with one attached hydrogen (secondary N) is 2. The van der Waals surface area contributed by atoms with E-state index in [1.165, 1.54) is 15.6 Å². The van der Waals surface area contributed by atoms with Crippen LogP contribution in [0.3, 0.4) is 0 Å². The van der Waals surface area contributed by atoms with Crippen molar-refractivity contribution in [3.05, 3.63) is 34.2 Å². The minimum absolute atomic E-state index is 0.233. The molecule has 1 unspecified atom stereocenters. The van der Waals surface area contributed by atoms with Gasteiger partial charge in [-0.15, -0.1) is 0 Å². The third-order valence-electron chi connectivity index (χ3n) is 6.60. The molecule has 3 saturated heterocycles. The van der Waals surface area contributed by atoms with E-state index in [0.29, 0.717) is 17.4 Å². The molecule has 0 aliphatic carbocycles. The molecule has 3 aliphatic rings. The Labute approximate surface area is 174 Å². The zero-order chi connectivity index (χ0) is 20.9. The Morgan fingerprint density at radius 1 is 1.20 bits per heavy atom. The van der Waals surface area contributed by atoms with E-state index in [1.807, 2.05) is 18.2 Å². The predicted octanol–water partition coefficient (Wildman–Crippen LogP) is -0.0355. The van der Waals surface area contributed by atoms with E-state index in [-0.39, 0.29) is 18.0 Å². The molecule has 156 valence electrons. The number of aromatic nitrogens is 2. The second kappa shape index (κ2) is 7.11. The summed E-state index contributed by atoms with van der Waals surface area (Å²) in [6.07, 6.45) is 1.82.